The molecule has 2 saturated heterocycles. The fourth-order valence-electron chi connectivity index (χ4n) is 4.36. The molecule has 0 saturated carbocycles. The van der Waals surface area contributed by atoms with Crippen molar-refractivity contribution < 1.29 is 9.18 Å². The SMILES string of the molecule is CN1CC2(C)CN(CCC(=O)Nc3cccc(F)c3)CC2(C)C1. The van der Waals surface area contributed by atoms with Gasteiger partial charge in [-0.3, -0.25) is 4.79 Å². The van der Waals surface area contributed by atoms with Gasteiger partial charge < -0.3 is 15.1 Å². The largest absolute Gasteiger partial charge is 0.326 e. The van der Waals surface area contributed by atoms with Crippen LogP contribution in [0.25, 0.3) is 0 Å². The second kappa shape index (κ2) is 5.87. The Kier molecular flexibility index (Phi) is 4.19. The lowest BCUT2D eigenvalue weighted by molar-refractivity contribution is -0.116. The molecule has 1 aromatic carbocycles. The summed E-state index contributed by atoms with van der Waals surface area (Å²) in [5, 5.41) is 2.77. The van der Waals surface area contributed by atoms with Gasteiger partial charge in [0.25, 0.3) is 0 Å². The van der Waals surface area contributed by atoms with E-state index in [-0.39, 0.29) is 11.7 Å². The van der Waals surface area contributed by atoms with Crippen molar-refractivity contribution in [3.8, 4) is 0 Å². The van der Waals surface area contributed by atoms with Crippen molar-refractivity contribution in [1.82, 2.24) is 9.80 Å². The van der Waals surface area contributed by atoms with Gasteiger partial charge in [0.1, 0.15) is 5.82 Å². The summed E-state index contributed by atoms with van der Waals surface area (Å²) in [6.07, 6.45) is 0.443. The Morgan fingerprint density at radius 3 is 2.48 bits per heavy atom. The van der Waals surface area contributed by atoms with E-state index in [4.69, 9.17) is 0 Å². The molecule has 126 valence electrons. The van der Waals surface area contributed by atoms with Crippen molar-refractivity contribution in [2.24, 2.45) is 10.8 Å². The maximum atomic E-state index is 13.1. The lowest BCUT2D eigenvalue weighted by Crippen LogP contribution is -2.34. The van der Waals surface area contributed by atoms with Crippen molar-refractivity contribution in [2.75, 3.05) is 45.1 Å². The smallest absolute Gasteiger partial charge is 0.225 e. The lowest BCUT2D eigenvalue weighted by Gasteiger charge is -2.31. The Bertz CT molecular complexity index is 588. The lowest BCUT2D eigenvalue weighted by atomic mass is 9.71. The number of carbonyl (C=O) groups is 1. The van der Waals surface area contributed by atoms with Gasteiger partial charge in [0.2, 0.25) is 5.91 Å². The van der Waals surface area contributed by atoms with E-state index in [0.717, 1.165) is 32.7 Å². The number of nitrogens with one attached hydrogen (secondary N) is 1. The number of nitrogens with zero attached hydrogens (tertiary/aromatic N) is 2. The van der Waals surface area contributed by atoms with Crippen LogP contribution in [-0.2, 0) is 4.79 Å². The predicted molar refractivity (Wildman–Crippen MR) is 89.8 cm³/mol. The first kappa shape index (κ1) is 16.4. The van der Waals surface area contributed by atoms with Crippen LogP contribution in [0.15, 0.2) is 24.3 Å². The molecule has 1 aromatic rings. The van der Waals surface area contributed by atoms with Gasteiger partial charge in [-0.2, -0.15) is 0 Å². The van der Waals surface area contributed by atoms with E-state index in [9.17, 15) is 9.18 Å². The summed E-state index contributed by atoms with van der Waals surface area (Å²) in [7, 11) is 2.19. The van der Waals surface area contributed by atoms with E-state index in [1.165, 1.54) is 12.1 Å². The highest BCUT2D eigenvalue weighted by Crippen LogP contribution is 2.50. The third-order valence-electron chi connectivity index (χ3n) is 5.60. The van der Waals surface area contributed by atoms with Crippen LogP contribution in [0, 0.1) is 16.6 Å². The molecule has 0 radical (unpaired) electrons. The van der Waals surface area contributed by atoms with Gasteiger partial charge in [0.15, 0.2) is 0 Å². The summed E-state index contributed by atoms with van der Waals surface area (Å²) in [6, 6.07) is 6.02. The predicted octanol–water partition coefficient (Wildman–Crippen LogP) is 2.43. The highest BCUT2D eigenvalue weighted by Gasteiger charge is 2.56. The molecule has 2 heterocycles. The van der Waals surface area contributed by atoms with Gasteiger partial charge in [-0.05, 0) is 25.2 Å². The van der Waals surface area contributed by atoms with Crippen molar-refractivity contribution >= 4 is 11.6 Å². The first-order valence-corrected chi connectivity index (χ1v) is 8.26. The minimum Gasteiger partial charge on any atom is -0.326 e. The molecule has 2 unspecified atom stereocenters. The minimum atomic E-state index is -0.333. The third kappa shape index (κ3) is 3.26. The van der Waals surface area contributed by atoms with E-state index in [1.54, 1.807) is 12.1 Å². The van der Waals surface area contributed by atoms with Gasteiger partial charge in [-0.25, -0.2) is 4.39 Å². The standard InChI is InChI=1S/C18H26FN3O/c1-17-10-21(3)11-18(17,2)13-22(12-17)8-7-16(23)20-15-6-4-5-14(19)9-15/h4-6,9H,7-8,10-13H2,1-3H3,(H,20,23). The Balaban J connectivity index is 1.51. The molecular formula is C18H26FN3O. The molecule has 0 spiro atoms. The zero-order valence-electron chi connectivity index (χ0n) is 14.2. The number of amides is 1. The first-order chi connectivity index (χ1) is 10.8. The second-order valence-corrected chi connectivity index (χ2v) is 7.81. The summed E-state index contributed by atoms with van der Waals surface area (Å²) in [5.41, 5.74) is 1.13. The van der Waals surface area contributed by atoms with Crippen LogP contribution < -0.4 is 5.32 Å². The van der Waals surface area contributed by atoms with E-state index in [0.29, 0.717) is 22.9 Å². The minimum absolute atomic E-state index is 0.0555. The van der Waals surface area contributed by atoms with Gasteiger partial charge >= 0.3 is 0 Å². The van der Waals surface area contributed by atoms with Crippen molar-refractivity contribution in [2.45, 2.75) is 20.3 Å². The van der Waals surface area contributed by atoms with Crippen molar-refractivity contribution in [3.63, 3.8) is 0 Å². The summed E-state index contributed by atoms with van der Waals surface area (Å²) in [4.78, 5) is 16.9. The average Bonchev–Trinajstić information content (AvgIpc) is 2.79. The van der Waals surface area contributed by atoms with Gasteiger partial charge in [-0.1, -0.05) is 19.9 Å². The number of likely N-dealkylation sites (tertiary alicyclic amines) is 2. The third-order valence-corrected chi connectivity index (χ3v) is 5.60. The topological polar surface area (TPSA) is 35.6 Å². The van der Waals surface area contributed by atoms with E-state index in [1.807, 2.05) is 0 Å². The average molecular weight is 319 g/mol. The Morgan fingerprint density at radius 2 is 1.87 bits per heavy atom. The number of fused-ring (bicyclic) bond motifs is 1. The van der Waals surface area contributed by atoms with Crippen LogP contribution in [0.3, 0.4) is 0 Å². The number of carbonyl (C=O) groups excluding carboxylic acids is 1. The summed E-state index contributed by atoms with van der Waals surface area (Å²) in [6.45, 7) is 9.82. The molecule has 1 N–H and O–H groups in total. The molecule has 23 heavy (non-hydrogen) atoms. The fraction of sp³-hybridized carbons (Fsp3) is 0.611. The molecule has 0 aromatic heterocycles. The van der Waals surface area contributed by atoms with Crippen molar-refractivity contribution in [1.29, 1.82) is 0 Å². The molecular weight excluding hydrogens is 293 g/mol. The quantitative estimate of drug-likeness (QED) is 0.926. The second-order valence-electron chi connectivity index (χ2n) is 7.81. The highest BCUT2D eigenvalue weighted by molar-refractivity contribution is 5.90. The Labute approximate surface area is 137 Å². The normalized spacial score (nSPS) is 31.3. The van der Waals surface area contributed by atoms with Gasteiger partial charge in [0.05, 0.1) is 0 Å². The molecule has 4 nitrogen and oxygen atoms in total. The number of hydrogen-bond acceptors (Lipinski definition) is 3. The van der Waals surface area contributed by atoms with Gasteiger partial charge in [-0.15, -0.1) is 0 Å². The van der Waals surface area contributed by atoms with E-state index in [2.05, 4.69) is 36.0 Å². The van der Waals surface area contributed by atoms with Crippen LogP contribution in [0.5, 0.6) is 0 Å². The number of benzene rings is 1. The molecule has 3 rings (SSSR count). The van der Waals surface area contributed by atoms with Gasteiger partial charge in [0, 0.05) is 55.7 Å². The number of rotatable bonds is 4. The molecule has 2 atom stereocenters. The van der Waals surface area contributed by atoms with E-state index >= 15 is 0 Å². The van der Waals surface area contributed by atoms with E-state index < -0.39 is 0 Å². The van der Waals surface area contributed by atoms with Crippen LogP contribution in [0.4, 0.5) is 10.1 Å². The molecule has 0 aliphatic carbocycles. The molecule has 2 fully saturated rings. The van der Waals surface area contributed by atoms with Crippen molar-refractivity contribution in [3.05, 3.63) is 30.1 Å². The summed E-state index contributed by atoms with van der Waals surface area (Å²) >= 11 is 0. The number of halogens is 1. The Morgan fingerprint density at radius 1 is 1.22 bits per heavy atom. The molecule has 2 aliphatic heterocycles. The monoisotopic (exact) mass is 319 g/mol. The maximum absolute atomic E-state index is 13.1. The molecule has 0 bridgehead atoms. The number of hydrogen-bond donors (Lipinski definition) is 1. The van der Waals surface area contributed by atoms with Crippen LogP contribution in [-0.4, -0.2) is 55.5 Å². The first-order valence-electron chi connectivity index (χ1n) is 8.26. The molecule has 2 aliphatic rings. The molecule has 1 amide bonds. The van der Waals surface area contributed by atoms with Crippen LogP contribution >= 0.6 is 0 Å². The fourth-order valence-corrected chi connectivity index (χ4v) is 4.36. The highest BCUT2D eigenvalue weighted by atomic mass is 19.1. The maximum Gasteiger partial charge on any atom is 0.225 e. The number of anilines is 1. The summed E-state index contributed by atoms with van der Waals surface area (Å²) in [5.74, 6) is -0.389. The van der Waals surface area contributed by atoms with Crippen LogP contribution in [0.2, 0.25) is 0 Å². The Hall–Kier alpha value is -1.46. The van der Waals surface area contributed by atoms with Crippen LogP contribution in [0.1, 0.15) is 20.3 Å². The summed E-state index contributed by atoms with van der Waals surface area (Å²) < 4.78 is 13.1. The molecule has 5 heteroatoms. The zero-order chi connectivity index (χ0) is 16.7. The zero-order valence-corrected chi connectivity index (χ0v) is 14.2.